The number of carbonyl (C=O) groups excluding carboxylic acids is 1. The van der Waals surface area contributed by atoms with Gasteiger partial charge in [-0.15, -0.1) is 0 Å². The fraction of sp³-hybridized carbons (Fsp3) is 0.182. The van der Waals surface area contributed by atoms with Crippen LogP contribution in [-0.4, -0.2) is 19.3 Å². The molecule has 1 amide bonds. The van der Waals surface area contributed by atoms with Gasteiger partial charge in [-0.25, -0.2) is 8.42 Å². The van der Waals surface area contributed by atoms with Crippen molar-refractivity contribution in [2.24, 2.45) is 0 Å². The van der Waals surface area contributed by atoms with Gasteiger partial charge < -0.3 is 5.32 Å². The first-order valence-electron chi connectivity index (χ1n) is 8.90. The zero-order valence-electron chi connectivity index (χ0n) is 15.8. The van der Waals surface area contributed by atoms with Crippen LogP contribution in [0.4, 0.5) is 0 Å². The summed E-state index contributed by atoms with van der Waals surface area (Å²) in [6, 6.07) is 15.7. The Labute approximate surface area is 165 Å². The minimum Gasteiger partial charge on any atom is -0.348 e. The maximum absolute atomic E-state index is 12.7. The second kappa shape index (κ2) is 8.35. The third-order valence-electron chi connectivity index (χ3n) is 4.31. The second-order valence-electron chi connectivity index (χ2n) is 6.82. The molecular formula is C22H22N2O3S. The summed E-state index contributed by atoms with van der Waals surface area (Å²) in [5.41, 5.74) is 3.76. The average molecular weight is 394 g/mol. The number of nitrogens with zero attached hydrogens (tertiary/aromatic N) is 1. The summed E-state index contributed by atoms with van der Waals surface area (Å²) < 4.78 is 25.4. The maximum atomic E-state index is 12.7. The van der Waals surface area contributed by atoms with Crippen LogP contribution in [-0.2, 0) is 22.1 Å². The molecule has 0 radical (unpaired) electrons. The quantitative estimate of drug-likeness (QED) is 0.693. The van der Waals surface area contributed by atoms with Crippen molar-refractivity contribution in [1.82, 2.24) is 10.3 Å². The normalized spacial score (nSPS) is 11.2. The number of benzene rings is 2. The van der Waals surface area contributed by atoms with Gasteiger partial charge in [0.15, 0.2) is 9.84 Å². The monoisotopic (exact) mass is 394 g/mol. The highest BCUT2D eigenvalue weighted by molar-refractivity contribution is 7.90. The van der Waals surface area contributed by atoms with Crippen LogP contribution in [0.1, 0.15) is 32.6 Å². The van der Waals surface area contributed by atoms with E-state index in [1.165, 1.54) is 0 Å². The van der Waals surface area contributed by atoms with E-state index in [1.54, 1.807) is 54.9 Å². The molecule has 6 heteroatoms. The van der Waals surface area contributed by atoms with E-state index in [9.17, 15) is 13.2 Å². The van der Waals surface area contributed by atoms with E-state index in [2.05, 4.69) is 10.3 Å². The summed E-state index contributed by atoms with van der Waals surface area (Å²) in [6.07, 6.45) is 3.36. The molecule has 0 aliphatic heterocycles. The molecule has 0 spiro atoms. The number of amides is 1. The van der Waals surface area contributed by atoms with Crippen LogP contribution in [0.2, 0.25) is 0 Å². The van der Waals surface area contributed by atoms with Crippen LogP contribution in [0.25, 0.3) is 0 Å². The number of carbonyl (C=O) groups is 1. The summed E-state index contributed by atoms with van der Waals surface area (Å²) in [5, 5.41) is 2.84. The van der Waals surface area contributed by atoms with Gasteiger partial charge >= 0.3 is 0 Å². The third-order valence-corrected chi connectivity index (χ3v) is 6.02. The average Bonchev–Trinajstić information content (AvgIpc) is 2.66. The molecule has 0 fully saturated rings. The zero-order chi connectivity index (χ0) is 20.1. The summed E-state index contributed by atoms with van der Waals surface area (Å²) in [4.78, 5) is 16.8. The number of hydrogen-bond donors (Lipinski definition) is 1. The molecule has 1 heterocycles. The van der Waals surface area contributed by atoms with Gasteiger partial charge in [0.2, 0.25) is 0 Å². The molecule has 1 aromatic heterocycles. The molecule has 1 N–H and O–H groups in total. The third kappa shape index (κ3) is 5.04. The summed E-state index contributed by atoms with van der Waals surface area (Å²) in [6.45, 7) is 4.12. The molecule has 5 nitrogen and oxygen atoms in total. The minimum atomic E-state index is -3.48. The highest BCUT2D eigenvalue weighted by Gasteiger charge is 2.17. The van der Waals surface area contributed by atoms with Gasteiger partial charge in [-0.1, -0.05) is 35.4 Å². The van der Waals surface area contributed by atoms with Crippen molar-refractivity contribution in [2.45, 2.75) is 31.0 Å². The number of pyridine rings is 1. The largest absolute Gasteiger partial charge is 0.348 e. The predicted octanol–water partition coefficient (Wildman–Crippen LogP) is 3.60. The molecule has 0 saturated heterocycles. The van der Waals surface area contributed by atoms with E-state index in [4.69, 9.17) is 0 Å². The lowest BCUT2D eigenvalue weighted by molar-refractivity contribution is 0.0950. The molecule has 2 aromatic carbocycles. The first kappa shape index (κ1) is 19.8. The van der Waals surface area contributed by atoms with E-state index in [0.29, 0.717) is 17.7 Å². The van der Waals surface area contributed by atoms with Crippen molar-refractivity contribution in [3.05, 3.63) is 94.8 Å². The fourth-order valence-electron chi connectivity index (χ4n) is 2.91. The van der Waals surface area contributed by atoms with E-state index in [0.717, 1.165) is 16.7 Å². The van der Waals surface area contributed by atoms with Gasteiger partial charge in [-0.2, -0.15) is 0 Å². The van der Waals surface area contributed by atoms with Crippen LogP contribution >= 0.6 is 0 Å². The van der Waals surface area contributed by atoms with Crippen LogP contribution in [0.15, 0.2) is 71.9 Å². The standard InChI is InChI=1S/C22H22N2O3S/c1-16-5-7-21(8-6-16)28(26,27)15-19-10-17(2)11-20(12-19)22(25)24-14-18-4-3-9-23-13-18/h3-13H,14-15H2,1-2H3,(H,24,25). The fourth-order valence-corrected chi connectivity index (χ4v) is 4.24. The minimum absolute atomic E-state index is 0.152. The lowest BCUT2D eigenvalue weighted by Gasteiger charge is -2.10. The molecule has 0 bridgehead atoms. The smallest absolute Gasteiger partial charge is 0.251 e. The summed E-state index contributed by atoms with van der Waals surface area (Å²) in [5.74, 6) is -0.401. The number of aryl methyl sites for hydroxylation is 2. The second-order valence-corrected chi connectivity index (χ2v) is 8.81. The Hall–Kier alpha value is -2.99. The van der Waals surface area contributed by atoms with Crippen molar-refractivity contribution in [1.29, 1.82) is 0 Å². The van der Waals surface area contributed by atoms with E-state index in [-0.39, 0.29) is 16.6 Å². The van der Waals surface area contributed by atoms with E-state index < -0.39 is 9.84 Å². The molecule has 3 aromatic rings. The highest BCUT2D eigenvalue weighted by atomic mass is 32.2. The predicted molar refractivity (Wildman–Crippen MR) is 109 cm³/mol. The Morgan fingerprint density at radius 3 is 2.39 bits per heavy atom. The maximum Gasteiger partial charge on any atom is 0.251 e. The van der Waals surface area contributed by atoms with Crippen molar-refractivity contribution in [3.63, 3.8) is 0 Å². The molecule has 28 heavy (non-hydrogen) atoms. The van der Waals surface area contributed by atoms with Gasteiger partial charge in [0.1, 0.15) is 0 Å². The molecule has 0 aliphatic carbocycles. The number of sulfone groups is 1. The summed E-state index contributed by atoms with van der Waals surface area (Å²) >= 11 is 0. The number of nitrogens with one attached hydrogen (secondary N) is 1. The Morgan fingerprint density at radius 1 is 0.964 bits per heavy atom. The van der Waals surface area contributed by atoms with Crippen molar-refractivity contribution < 1.29 is 13.2 Å². The van der Waals surface area contributed by atoms with Crippen LogP contribution in [0.3, 0.4) is 0 Å². The van der Waals surface area contributed by atoms with Crippen LogP contribution in [0.5, 0.6) is 0 Å². The van der Waals surface area contributed by atoms with E-state index in [1.807, 2.05) is 26.0 Å². The van der Waals surface area contributed by atoms with Crippen LogP contribution < -0.4 is 5.32 Å². The molecular weight excluding hydrogens is 372 g/mol. The first-order valence-corrected chi connectivity index (χ1v) is 10.6. The lowest BCUT2D eigenvalue weighted by Crippen LogP contribution is -2.23. The van der Waals surface area contributed by atoms with Gasteiger partial charge in [0, 0.05) is 24.5 Å². The summed E-state index contributed by atoms with van der Waals surface area (Å²) in [7, 11) is -3.48. The zero-order valence-corrected chi connectivity index (χ0v) is 16.7. The SMILES string of the molecule is Cc1ccc(S(=O)(=O)Cc2cc(C)cc(C(=O)NCc3cccnc3)c2)cc1. The molecule has 0 unspecified atom stereocenters. The van der Waals surface area contributed by atoms with Crippen LogP contribution in [0, 0.1) is 13.8 Å². The molecule has 0 aliphatic rings. The molecule has 0 saturated carbocycles. The van der Waals surface area contributed by atoms with Gasteiger partial charge in [-0.3, -0.25) is 9.78 Å². The van der Waals surface area contributed by atoms with E-state index >= 15 is 0 Å². The Bertz CT molecular complexity index is 1080. The van der Waals surface area contributed by atoms with Crippen molar-refractivity contribution in [2.75, 3.05) is 0 Å². The molecule has 3 rings (SSSR count). The number of hydrogen-bond acceptors (Lipinski definition) is 4. The Kier molecular flexibility index (Phi) is 5.90. The molecule has 0 atom stereocenters. The Morgan fingerprint density at radius 2 is 1.71 bits per heavy atom. The highest BCUT2D eigenvalue weighted by Crippen LogP contribution is 2.19. The number of aromatic nitrogens is 1. The van der Waals surface area contributed by atoms with Gasteiger partial charge in [0.05, 0.1) is 10.6 Å². The topological polar surface area (TPSA) is 76.1 Å². The molecule has 144 valence electrons. The number of rotatable bonds is 6. The lowest BCUT2D eigenvalue weighted by atomic mass is 10.1. The van der Waals surface area contributed by atoms with Crippen molar-refractivity contribution >= 4 is 15.7 Å². The first-order chi connectivity index (χ1) is 13.3. The Balaban J connectivity index is 1.77. The van der Waals surface area contributed by atoms with Gasteiger partial charge in [-0.05, 0) is 55.3 Å². The van der Waals surface area contributed by atoms with Gasteiger partial charge in [0.25, 0.3) is 5.91 Å². The van der Waals surface area contributed by atoms with Crippen molar-refractivity contribution in [3.8, 4) is 0 Å².